The molecule has 40 heavy (non-hydrogen) atoms. The number of anilines is 2. The van der Waals surface area contributed by atoms with Crippen molar-refractivity contribution >= 4 is 28.2 Å². The number of ether oxygens (including phenoxy) is 1. The topological polar surface area (TPSA) is 104 Å². The maximum atomic E-state index is 10.0. The van der Waals surface area contributed by atoms with E-state index in [0.717, 1.165) is 97.2 Å². The number of fused-ring (bicyclic) bond motifs is 2. The predicted octanol–water partition coefficient (Wildman–Crippen LogP) is 3.29. The Morgan fingerprint density at radius 2 is 1.73 bits per heavy atom. The average molecular weight is 537 g/mol. The van der Waals surface area contributed by atoms with E-state index in [-0.39, 0.29) is 12.7 Å². The van der Waals surface area contributed by atoms with Gasteiger partial charge in [-0.25, -0.2) is 19.9 Å². The van der Waals surface area contributed by atoms with Crippen molar-refractivity contribution in [3.8, 4) is 17.1 Å². The molecule has 0 radical (unpaired) electrons. The number of rotatable bonds is 6. The molecule has 0 unspecified atom stereocenters. The second-order valence-corrected chi connectivity index (χ2v) is 10.4. The van der Waals surface area contributed by atoms with Crippen molar-refractivity contribution in [2.24, 2.45) is 0 Å². The van der Waals surface area contributed by atoms with Crippen molar-refractivity contribution < 1.29 is 9.84 Å². The second-order valence-electron chi connectivity index (χ2n) is 10.4. The molecular formula is C30H32N8O2. The molecule has 0 saturated carbocycles. The number of aromatic nitrogens is 5. The third-order valence-corrected chi connectivity index (χ3v) is 7.71. The minimum Gasteiger partial charge on any atom is -0.471 e. The smallest absolute Gasteiger partial charge is 0.214 e. The maximum absolute atomic E-state index is 10.0. The number of hydrogen-bond acceptors (Lipinski definition) is 9. The van der Waals surface area contributed by atoms with E-state index in [1.165, 1.54) is 0 Å². The summed E-state index contributed by atoms with van der Waals surface area (Å²) in [6, 6.07) is 16.1. The third kappa shape index (κ3) is 4.91. The van der Waals surface area contributed by atoms with Gasteiger partial charge in [0.1, 0.15) is 12.4 Å². The van der Waals surface area contributed by atoms with Crippen LogP contribution in [0.4, 0.5) is 11.6 Å². The van der Waals surface area contributed by atoms with Crippen LogP contribution in [-0.2, 0) is 6.61 Å². The summed E-state index contributed by atoms with van der Waals surface area (Å²) in [7, 11) is 0. The fraction of sp³-hybridized carbons (Fsp3) is 0.333. The summed E-state index contributed by atoms with van der Waals surface area (Å²) in [6.07, 6.45) is 7.01. The summed E-state index contributed by atoms with van der Waals surface area (Å²) in [6.45, 7) is 5.61. The molecule has 2 N–H and O–H groups in total. The van der Waals surface area contributed by atoms with E-state index in [0.29, 0.717) is 5.88 Å². The molecule has 7 rings (SSSR count). The first-order valence-electron chi connectivity index (χ1n) is 13.9. The Balaban J connectivity index is 1.21. The molecule has 6 heterocycles. The number of aliphatic hydroxyl groups excluding tert-OH is 1. The van der Waals surface area contributed by atoms with Crippen molar-refractivity contribution in [3.05, 3.63) is 72.8 Å². The van der Waals surface area contributed by atoms with Crippen molar-refractivity contribution in [1.82, 2.24) is 29.7 Å². The number of hydrogen-bond donors (Lipinski definition) is 2. The molecule has 0 spiro atoms. The lowest BCUT2D eigenvalue weighted by Crippen LogP contribution is -2.43. The van der Waals surface area contributed by atoms with Gasteiger partial charge in [-0.2, -0.15) is 0 Å². The largest absolute Gasteiger partial charge is 0.471 e. The van der Waals surface area contributed by atoms with E-state index in [1.807, 2.05) is 55.0 Å². The Hall–Kier alpha value is -4.28. The Kier molecular flexibility index (Phi) is 6.62. The Morgan fingerprint density at radius 3 is 2.55 bits per heavy atom. The van der Waals surface area contributed by atoms with Crippen LogP contribution >= 0.6 is 0 Å². The maximum Gasteiger partial charge on any atom is 0.214 e. The number of nitrogens with one attached hydrogen (secondary N) is 1. The van der Waals surface area contributed by atoms with Crippen LogP contribution in [0, 0.1) is 0 Å². The van der Waals surface area contributed by atoms with Crippen LogP contribution in [-0.4, -0.2) is 74.8 Å². The standard InChI is InChI=1S/C30H32N8O2/c39-24-9-13-37(14-10-24)29-30-34-23(20-40-28-8-6-21-3-1-2-4-25(21)35-28)19-38(30)26(18-33-29)22-5-7-27(32-17-22)36-15-11-31-12-16-36/h1-8,17-19,24,31,39H,9-16,20H2. The highest BCUT2D eigenvalue weighted by Crippen LogP contribution is 2.29. The highest BCUT2D eigenvalue weighted by molar-refractivity contribution is 5.78. The third-order valence-electron chi connectivity index (χ3n) is 7.71. The Morgan fingerprint density at radius 1 is 0.875 bits per heavy atom. The van der Waals surface area contributed by atoms with Gasteiger partial charge in [0.2, 0.25) is 5.88 Å². The molecule has 10 heteroatoms. The SMILES string of the molecule is OC1CCN(c2ncc(-c3ccc(N4CCNCC4)nc3)n3cc(COc4ccc5ccccc5n4)nc23)CC1. The number of pyridine rings is 2. The zero-order valence-electron chi connectivity index (χ0n) is 22.3. The molecular weight excluding hydrogens is 504 g/mol. The molecule has 10 nitrogen and oxygen atoms in total. The highest BCUT2D eigenvalue weighted by Gasteiger charge is 2.23. The first-order valence-corrected chi connectivity index (χ1v) is 13.9. The predicted molar refractivity (Wildman–Crippen MR) is 155 cm³/mol. The number of benzene rings is 1. The first kappa shape index (κ1) is 24.7. The monoisotopic (exact) mass is 536 g/mol. The number of piperazine rings is 1. The van der Waals surface area contributed by atoms with Crippen LogP contribution in [0.15, 0.2) is 67.1 Å². The number of nitrogens with zero attached hydrogens (tertiary/aromatic N) is 7. The molecule has 204 valence electrons. The van der Waals surface area contributed by atoms with Gasteiger partial charge in [0.15, 0.2) is 11.5 Å². The van der Waals surface area contributed by atoms with E-state index in [1.54, 1.807) is 0 Å². The number of piperidine rings is 1. The summed E-state index contributed by atoms with van der Waals surface area (Å²) in [4.78, 5) is 23.8. The van der Waals surface area contributed by atoms with Gasteiger partial charge in [-0.15, -0.1) is 0 Å². The summed E-state index contributed by atoms with van der Waals surface area (Å²) in [5.41, 5.74) is 4.33. The van der Waals surface area contributed by atoms with Crippen molar-refractivity contribution in [1.29, 1.82) is 0 Å². The quantitative estimate of drug-likeness (QED) is 0.338. The number of aliphatic hydroxyl groups is 1. The van der Waals surface area contributed by atoms with Gasteiger partial charge in [0.25, 0.3) is 0 Å². The van der Waals surface area contributed by atoms with Gasteiger partial charge < -0.3 is 25.0 Å². The van der Waals surface area contributed by atoms with E-state index >= 15 is 0 Å². The minimum atomic E-state index is -0.259. The summed E-state index contributed by atoms with van der Waals surface area (Å²) < 4.78 is 8.17. The Labute approximate surface area is 232 Å². The molecule has 2 saturated heterocycles. The average Bonchev–Trinajstić information content (AvgIpc) is 3.45. The van der Waals surface area contributed by atoms with E-state index in [2.05, 4.69) is 36.6 Å². The van der Waals surface area contributed by atoms with E-state index < -0.39 is 0 Å². The first-order chi connectivity index (χ1) is 19.7. The molecule has 1 aromatic carbocycles. The zero-order chi connectivity index (χ0) is 26.9. The van der Waals surface area contributed by atoms with Gasteiger partial charge >= 0.3 is 0 Å². The Bertz CT molecular complexity index is 1620. The van der Waals surface area contributed by atoms with Crippen molar-refractivity contribution in [2.45, 2.75) is 25.6 Å². The van der Waals surface area contributed by atoms with Gasteiger partial charge in [0, 0.05) is 68.7 Å². The number of imidazole rings is 1. The molecule has 2 fully saturated rings. The molecule has 2 aliphatic rings. The molecule has 4 aromatic heterocycles. The minimum absolute atomic E-state index is 0.259. The fourth-order valence-corrected chi connectivity index (χ4v) is 5.49. The van der Waals surface area contributed by atoms with Crippen LogP contribution in [0.1, 0.15) is 18.5 Å². The molecule has 0 aliphatic carbocycles. The van der Waals surface area contributed by atoms with Crippen LogP contribution < -0.4 is 19.9 Å². The van der Waals surface area contributed by atoms with Gasteiger partial charge in [-0.3, -0.25) is 4.40 Å². The molecule has 0 atom stereocenters. The molecule has 0 bridgehead atoms. The lowest BCUT2D eigenvalue weighted by Gasteiger charge is -2.30. The summed E-state index contributed by atoms with van der Waals surface area (Å²) >= 11 is 0. The van der Waals surface area contributed by atoms with Crippen LogP contribution in [0.5, 0.6) is 5.88 Å². The molecule has 0 amide bonds. The van der Waals surface area contributed by atoms with Crippen LogP contribution in [0.2, 0.25) is 0 Å². The van der Waals surface area contributed by atoms with Crippen LogP contribution in [0.3, 0.4) is 0 Å². The van der Waals surface area contributed by atoms with Crippen LogP contribution in [0.25, 0.3) is 27.8 Å². The van der Waals surface area contributed by atoms with E-state index in [4.69, 9.17) is 19.7 Å². The summed E-state index contributed by atoms with van der Waals surface area (Å²) in [5, 5.41) is 14.5. The number of para-hydroxylation sites is 1. The fourth-order valence-electron chi connectivity index (χ4n) is 5.49. The lowest BCUT2D eigenvalue weighted by molar-refractivity contribution is 0.145. The van der Waals surface area contributed by atoms with Gasteiger partial charge in [0.05, 0.1) is 29.2 Å². The zero-order valence-corrected chi connectivity index (χ0v) is 22.3. The molecule has 2 aliphatic heterocycles. The van der Waals surface area contributed by atoms with E-state index in [9.17, 15) is 5.11 Å². The molecule has 5 aromatic rings. The second kappa shape index (κ2) is 10.7. The van der Waals surface area contributed by atoms with Gasteiger partial charge in [-0.05, 0) is 37.1 Å². The van der Waals surface area contributed by atoms with Crippen molar-refractivity contribution in [3.63, 3.8) is 0 Å². The van der Waals surface area contributed by atoms with Crippen molar-refractivity contribution in [2.75, 3.05) is 49.1 Å². The normalized spacial score (nSPS) is 16.6. The van der Waals surface area contributed by atoms with Gasteiger partial charge in [-0.1, -0.05) is 18.2 Å². The summed E-state index contributed by atoms with van der Waals surface area (Å²) in [5.74, 6) is 2.36. The highest BCUT2D eigenvalue weighted by atomic mass is 16.5. The lowest BCUT2D eigenvalue weighted by atomic mass is 10.1.